The molecule has 1 aromatic carbocycles. The molecule has 2 rings (SSSR count). The van der Waals surface area contributed by atoms with Crippen LogP contribution >= 0.6 is 23.2 Å². The van der Waals surface area contributed by atoms with Crippen LogP contribution in [0.15, 0.2) is 18.2 Å². The highest BCUT2D eigenvalue weighted by molar-refractivity contribution is 6.42. The molecule has 4 heteroatoms. The van der Waals surface area contributed by atoms with Crippen LogP contribution < -0.4 is 5.32 Å². The molecule has 1 heterocycles. The maximum Gasteiger partial charge on any atom is 0.0637 e. The van der Waals surface area contributed by atoms with Crippen LogP contribution in [0.25, 0.3) is 0 Å². The van der Waals surface area contributed by atoms with E-state index in [0.717, 1.165) is 31.6 Å². The molecule has 2 atom stereocenters. The van der Waals surface area contributed by atoms with Crippen molar-refractivity contribution in [3.05, 3.63) is 33.8 Å². The smallest absolute Gasteiger partial charge is 0.0637 e. The van der Waals surface area contributed by atoms with E-state index in [9.17, 15) is 0 Å². The Bertz CT molecular complexity index is 490. The third kappa shape index (κ3) is 3.73. The Morgan fingerprint density at radius 2 is 2.10 bits per heavy atom. The number of halogens is 2. The van der Waals surface area contributed by atoms with Crippen molar-refractivity contribution in [2.24, 2.45) is 5.92 Å². The molecule has 1 aromatic rings. The number of benzene rings is 1. The molecule has 0 spiro atoms. The first-order valence-corrected chi connectivity index (χ1v) is 8.54. The van der Waals surface area contributed by atoms with E-state index in [1.54, 1.807) is 0 Å². The highest BCUT2D eigenvalue weighted by Crippen LogP contribution is 2.31. The Morgan fingerprint density at radius 1 is 1.38 bits per heavy atom. The van der Waals surface area contributed by atoms with Crippen LogP contribution in [-0.2, 0) is 6.54 Å². The van der Waals surface area contributed by atoms with Gasteiger partial charge in [0.15, 0.2) is 0 Å². The highest BCUT2D eigenvalue weighted by atomic mass is 35.5. The summed E-state index contributed by atoms with van der Waals surface area (Å²) in [6.07, 6.45) is 1.11. The largest absolute Gasteiger partial charge is 0.311 e. The summed E-state index contributed by atoms with van der Waals surface area (Å²) in [7, 11) is 0. The van der Waals surface area contributed by atoms with Crippen molar-refractivity contribution in [3.63, 3.8) is 0 Å². The van der Waals surface area contributed by atoms with Gasteiger partial charge in [0.05, 0.1) is 10.0 Å². The van der Waals surface area contributed by atoms with Gasteiger partial charge in [-0.3, -0.25) is 4.90 Å². The van der Waals surface area contributed by atoms with Crippen molar-refractivity contribution in [2.45, 2.75) is 52.2 Å². The average Bonchev–Trinajstić information content (AvgIpc) is 2.45. The first kappa shape index (κ1) is 17.1. The van der Waals surface area contributed by atoms with Gasteiger partial charge in [0.1, 0.15) is 0 Å². The zero-order chi connectivity index (χ0) is 15.6. The fourth-order valence-electron chi connectivity index (χ4n) is 2.91. The minimum Gasteiger partial charge on any atom is -0.311 e. The number of piperazine rings is 1. The molecular weight excluding hydrogens is 303 g/mol. The number of nitrogens with one attached hydrogen (secondary N) is 1. The molecule has 21 heavy (non-hydrogen) atoms. The van der Waals surface area contributed by atoms with Gasteiger partial charge in [-0.1, -0.05) is 56.1 Å². The van der Waals surface area contributed by atoms with Crippen LogP contribution in [0.5, 0.6) is 0 Å². The maximum absolute atomic E-state index is 6.37. The minimum atomic E-state index is 0.164. The molecule has 118 valence electrons. The zero-order valence-electron chi connectivity index (χ0n) is 13.4. The van der Waals surface area contributed by atoms with Crippen LogP contribution in [0.2, 0.25) is 10.0 Å². The lowest BCUT2D eigenvalue weighted by Crippen LogP contribution is -2.63. The zero-order valence-corrected chi connectivity index (χ0v) is 14.9. The average molecular weight is 329 g/mol. The molecule has 2 unspecified atom stereocenters. The Balaban J connectivity index is 2.22. The molecule has 1 aliphatic rings. The standard InChI is InChI=1S/C17H26Cl2N2/c1-5-17(4)11-20-15(12(2)3)10-21(17)9-13-7-6-8-14(18)16(13)19/h6-8,12,15,20H,5,9-11H2,1-4H3. The Labute approximate surface area is 138 Å². The topological polar surface area (TPSA) is 15.3 Å². The summed E-state index contributed by atoms with van der Waals surface area (Å²) in [5.74, 6) is 0.628. The van der Waals surface area contributed by atoms with Gasteiger partial charge < -0.3 is 5.32 Å². The quantitative estimate of drug-likeness (QED) is 0.869. The van der Waals surface area contributed by atoms with Gasteiger partial charge in [0.2, 0.25) is 0 Å². The van der Waals surface area contributed by atoms with Crippen LogP contribution in [0.3, 0.4) is 0 Å². The van der Waals surface area contributed by atoms with Crippen molar-refractivity contribution in [1.29, 1.82) is 0 Å². The van der Waals surface area contributed by atoms with E-state index in [-0.39, 0.29) is 5.54 Å². The summed E-state index contributed by atoms with van der Waals surface area (Å²) < 4.78 is 0. The third-order valence-corrected chi connectivity index (χ3v) is 5.74. The molecule has 0 saturated carbocycles. The van der Waals surface area contributed by atoms with E-state index in [2.05, 4.69) is 44.0 Å². The minimum absolute atomic E-state index is 0.164. The molecule has 0 aliphatic carbocycles. The predicted octanol–water partition coefficient (Wildman–Crippen LogP) is 4.59. The van der Waals surface area contributed by atoms with Crippen LogP contribution in [-0.4, -0.2) is 29.6 Å². The third-order valence-electron chi connectivity index (χ3n) is 4.88. The lowest BCUT2D eigenvalue weighted by Gasteiger charge is -2.49. The van der Waals surface area contributed by atoms with Gasteiger partial charge in [-0.25, -0.2) is 0 Å². The second-order valence-electron chi connectivity index (χ2n) is 6.68. The van der Waals surface area contributed by atoms with E-state index in [4.69, 9.17) is 23.2 Å². The lowest BCUT2D eigenvalue weighted by atomic mass is 9.89. The molecule has 0 aromatic heterocycles. The normalized spacial score (nSPS) is 27.3. The van der Waals surface area contributed by atoms with E-state index >= 15 is 0 Å². The molecule has 1 saturated heterocycles. The first-order chi connectivity index (χ1) is 9.87. The first-order valence-electron chi connectivity index (χ1n) is 7.78. The van der Waals surface area contributed by atoms with Crippen LogP contribution in [0.1, 0.15) is 39.7 Å². The van der Waals surface area contributed by atoms with Crippen LogP contribution in [0, 0.1) is 5.92 Å². The molecule has 1 fully saturated rings. The summed E-state index contributed by atoms with van der Waals surface area (Å²) >= 11 is 12.5. The monoisotopic (exact) mass is 328 g/mol. The molecule has 2 nitrogen and oxygen atoms in total. The fourth-order valence-corrected chi connectivity index (χ4v) is 3.29. The van der Waals surface area contributed by atoms with E-state index in [1.165, 1.54) is 0 Å². The Morgan fingerprint density at radius 3 is 2.71 bits per heavy atom. The Kier molecular flexibility index (Phi) is 5.59. The van der Waals surface area contributed by atoms with Crippen LogP contribution in [0.4, 0.5) is 0 Å². The van der Waals surface area contributed by atoms with Gasteiger partial charge in [-0.2, -0.15) is 0 Å². The van der Waals surface area contributed by atoms with Gasteiger partial charge in [0, 0.05) is 31.2 Å². The predicted molar refractivity (Wildman–Crippen MR) is 92.2 cm³/mol. The van der Waals surface area contributed by atoms with Crippen molar-refractivity contribution < 1.29 is 0 Å². The fraction of sp³-hybridized carbons (Fsp3) is 0.647. The molecular formula is C17H26Cl2N2. The second kappa shape index (κ2) is 6.87. The second-order valence-corrected chi connectivity index (χ2v) is 7.46. The SMILES string of the molecule is CCC1(C)CNC(C(C)C)CN1Cc1cccc(Cl)c1Cl. The van der Waals surface area contributed by atoms with E-state index < -0.39 is 0 Å². The van der Waals surface area contributed by atoms with Crippen molar-refractivity contribution in [3.8, 4) is 0 Å². The van der Waals surface area contributed by atoms with Gasteiger partial charge in [-0.05, 0) is 30.9 Å². The van der Waals surface area contributed by atoms with Crippen molar-refractivity contribution in [1.82, 2.24) is 10.2 Å². The number of hydrogen-bond donors (Lipinski definition) is 1. The molecule has 1 N–H and O–H groups in total. The molecule has 0 bridgehead atoms. The van der Waals surface area contributed by atoms with Gasteiger partial charge in [0.25, 0.3) is 0 Å². The summed E-state index contributed by atoms with van der Waals surface area (Å²) in [5, 5.41) is 5.03. The lowest BCUT2D eigenvalue weighted by molar-refractivity contribution is 0.0317. The Hall–Kier alpha value is -0.280. The number of hydrogen-bond acceptors (Lipinski definition) is 2. The number of rotatable bonds is 4. The van der Waals surface area contributed by atoms with E-state index in [0.29, 0.717) is 22.0 Å². The summed E-state index contributed by atoms with van der Waals surface area (Å²) in [6.45, 7) is 12.1. The van der Waals surface area contributed by atoms with Crippen molar-refractivity contribution >= 4 is 23.2 Å². The van der Waals surface area contributed by atoms with Gasteiger partial charge >= 0.3 is 0 Å². The highest BCUT2D eigenvalue weighted by Gasteiger charge is 2.37. The molecule has 0 amide bonds. The molecule has 1 aliphatic heterocycles. The summed E-state index contributed by atoms with van der Waals surface area (Å²) in [4.78, 5) is 2.56. The van der Waals surface area contributed by atoms with Crippen molar-refractivity contribution in [2.75, 3.05) is 13.1 Å². The van der Waals surface area contributed by atoms with Gasteiger partial charge in [-0.15, -0.1) is 0 Å². The summed E-state index contributed by atoms with van der Waals surface area (Å²) in [6, 6.07) is 6.44. The number of nitrogens with zero attached hydrogens (tertiary/aromatic N) is 1. The van der Waals surface area contributed by atoms with E-state index in [1.807, 2.05) is 12.1 Å². The summed E-state index contributed by atoms with van der Waals surface area (Å²) in [5.41, 5.74) is 1.28. The maximum atomic E-state index is 6.37. The molecule has 0 radical (unpaired) electrons.